The van der Waals surface area contributed by atoms with Crippen molar-refractivity contribution in [1.29, 1.82) is 0 Å². The zero-order valence-corrected chi connectivity index (χ0v) is 26.8. The van der Waals surface area contributed by atoms with Gasteiger partial charge in [-0.25, -0.2) is 0 Å². The number of allylic oxidation sites excluding steroid dienone is 2. The molecule has 3 unspecified atom stereocenters. The Morgan fingerprint density at radius 3 is 2.33 bits per heavy atom. The van der Waals surface area contributed by atoms with E-state index in [1.165, 1.54) is 0 Å². The monoisotopic (exact) mass is 640 g/mol. The number of aliphatic carboxylic acids is 2. The van der Waals surface area contributed by atoms with Crippen LogP contribution in [0.15, 0.2) is 41.0 Å². The first kappa shape index (κ1) is 34.0. The van der Waals surface area contributed by atoms with Crippen molar-refractivity contribution in [2.24, 2.45) is 17.8 Å². The molecule has 0 saturated carbocycles. The summed E-state index contributed by atoms with van der Waals surface area (Å²) < 4.78 is 0. The average Bonchev–Trinajstić information content (AvgIpc) is 3.63. The number of aliphatic hydroxyl groups excluding tert-OH is 2. The van der Waals surface area contributed by atoms with Gasteiger partial charge in [0.05, 0.1) is 12.6 Å². The van der Waals surface area contributed by atoms with Crippen LogP contribution >= 0.6 is 12.6 Å². The lowest BCUT2D eigenvalue weighted by atomic mass is 9.88. The summed E-state index contributed by atoms with van der Waals surface area (Å²) in [7, 11) is 0. The van der Waals surface area contributed by atoms with Gasteiger partial charge in [0, 0.05) is 70.2 Å². The maximum atomic E-state index is 12.5. The molecule has 1 aromatic rings. The Morgan fingerprint density at radius 1 is 1.07 bits per heavy atom. The van der Waals surface area contributed by atoms with Gasteiger partial charge in [-0.05, 0) is 60.3 Å². The Hall–Kier alpha value is -3.90. The normalized spacial score (nSPS) is 28.4. The second-order valence-electron chi connectivity index (χ2n) is 12.2. The smallest absolute Gasteiger partial charge is 0.303 e. The number of thiol groups is 1. The van der Waals surface area contributed by atoms with Crippen LogP contribution in [0.4, 0.5) is 0 Å². The second-order valence-corrected chi connectivity index (χ2v) is 12.9. The van der Waals surface area contributed by atoms with Crippen LogP contribution in [0.3, 0.4) is 0 Å². The van der Waals surface area contributed by atoms with Crippen LogP contribution in [-0.4, -0.2) is 73.2 Å². The molecule has 1 amide bonds. The van der Waals surface area contributed by atoms with Crippen molar-refractivity contribution in [3.63, 3.8) is 0 Å². The zero-order valence-electron chi connectivity index (χ0n) is 25.9. The summed E-state index contributed by atoms with van der Waals surface area (Å²) in [5.74, 6) is -2.51. The van der Waals surface area contributed by atoms with Crippen LogP contribution in [0, 0.1) is 17.8 Å². The van der Waals surface area contributed by atoms with Gasteiger partial charge in [0.1, 0.15) is 0 Å². The van der Waals surface area contributed by atoms with Gasteiger partial charge in [0.2, 0.25) is 5.91 Å². The maximum absolute atomic E-state index is 12.5. The van der Waals surface area contributed by atoms with E-state index in [9.17, 15) is 34.8 Å². The van der Waals surface area contributed by atoms with Crippen LogP contribution in [-0.2, 0) is 20.8 Å². The minimum absolute atomic E-state index is 0.0238. The fraction of sp³-hybridized carbons (Fsp3) is 0.485. The Bertz CT molecular complexity index is 1580. The number of carbonyl (C=O) groups is 3. The van der Waals surface area contributed by atoms with Crippen molar-refractivity contribution >= 4 is 49.2 Å². The van der Waals surface area contributed by atoms with E-state index in [1.807, 2.05) is 26.0 Å². The summed E-state index contributed by atoms with van der Waals surface area (Å²) in [6.07, 6.45) is 6.31. The molecule has 3 aliphatic rings. The molecule has 0 radical (unpaired) electrons. The van der Waals surface area contributed by atoms with Crippen LogP contribution < -0.4 is 26.5 Å². The van der Waals surface area contributed by atoms with Crippen molar-refractivity contribution in [3.8, 4) is 0 Å². The minimum Gasteiger partial charge on any atom is -0.495 e. The van der Waals surface area contributed by atoms with E-state index in [1.54, 1.807) is 13.0 Å². The molecule has 45 heavy (non-hydrogen) atoms. The molecular weight excluding hydrogens is 596 g/mol. The van der Waals surface area contributed by atoms with Crippen LogP contribution in [0.1, 0.15) is 57.7 Å². The summed E-state index contributed by atoms with van der Waals surface area (Å²) in [6.45, 7) is 13.7. The average molecular weight is 641 g/mol. The molecule has 7 atom stereocenters. The highest BCUT2D eigenvalue weighted by molar-refractivity contribution is 7.81. The van der Waals surface area contributed by atoms with Crippen molar-refractivity contribution in [1.82, 2.24) is 20.9 Å². The molecule has 0 aromatic carbocycles. The van der Waals surface area contributed by atoms with Gasteiger partial charge in [-0.3, -0.25) is 14.4 Å². The summed E-state index contributed by atoms with van der Waals surface area (Å²) in [5, 5.41) is 49.5. The highest BCUT2D eigenvalue weighted by Gasteiger charge is 2.41. The summed E-state index contributed by atoms with van der Waals surface area (Å²) in [4.78, 5) is 39.0. The van der Waals surface area contributed by atoms with Gasteiger partial charge >= 0.3 is 11.9 Å². The predicted molar refractivity (Wildman–Crippen MR) is 175 cm³/mol. The Morgan fingerprint density at radius 2 is 1.73 bits per heavy atom. The fourth-order valence-electron chi connectivity index (χ4n) is 6.80. The SMILES string of the molecule is C=CC1=C(O)N[C@H](CC2N/C(=C\c3[nH]/c(=C/C4NC(=O)[C@H](C)[C@H]4[C@H](S)CO)c(=C)c3CCC(=O)O)C(CCC(=O)O)=C2C)C1C. The van der Waals surface area contributed by atoms with Gasteiger partial charge in [-0.2, -0.15) is 12.6 Å². The van der Waals surface area contributed by atoms with Crippen molar-refractivity contribution in [2.75, 3.05) is 6.61 Å². The molecule has 11 nitrogen and oxygen atoms in total. The summed E-state index contributed by atoms with van der Waals surface area (Å²) >= 11 is 4.51. The standard InChI is InChI=1S/C33H44N4O7S/c1-6-19-15(2)24(36-33(19)44)11-22-16(3)20(7-9-29(39)40)25(34-22)13-26-21(8-10-30(41)42)17(4)23(35-26)12-27-31(28(45)14-38)18(5)32(43)37-27/h6,12-13,15,18,22,24,27-28,31,34-36,38,44-45H,1,4,7-11,14H2,2-3,5H3,(H,37,43)(H,39,40)(H,41,42)/b23-12+,25-13-/t15?,18-,22?,24-,27?,28-,31-/m1/s1. The molecule has 12 heteroatoms. The van der Waals surface area contributed by atoms with Crippen LogP contribution in [0.25, 0.3) is 18.7 Å². The lowest BCUT2D eigenvalue weighted by Gasteiger charge is -2.23. The third-order valence-corrected chi connectivity index (χ3v) is 10.0. The molecule has 0 bridgehead atoms. The van der Waals surface area contributed by atoms with Gasteiger partial charge in [-0.1, -0.05) is 33.1 Å². The number of aliphatic hydroxyl groups is 2. The zero-order chi connectivity index (χ0) is 33.2. The molecule has 0 aliphatic carbocycles. The quantitative estimate of drug-likeness (QED) is 0.145. The number of carbonyl (C=O) groups excluding carboxylic acids is 1. The van der Waals surface area contributed by atoms with Crippen LogP contribution in [0.5, 0.6) is 0 Å². The number of carboxylic acids is 2. The molecule has 1 aromatic heterocycles. The molecule has 1 fully saturated rings. The molecule has 8 N–H and O–H groups in total. The van der Waals surface area contributed by atoms with E-state index >= 15 is 0 Å². The Labute approximate surface area is 268 Å². The van der Waals surface area contributed by atoms with Gasteiger partial charge in [0.15, 0.2) is 5.88 Å². The first-order chi connectivity index (χ1) is 21.3. The first-order valence-corrected chi connectivity index (χ1v) is 15.7. The van der Waals surface area contributed by atoms with Gasteiger partial charge in [-0.15, -0.1) is 0 Å². The largest absolute Gasteiger partial charge is 0.495 e. The van der Waals surface area contributed by atoms with E-state index in [-0.39, 0.29) is 67.5 Å². The second kappa shape index (κ2) is 14.0. The highest BCUT2D eigenvalue weighted by Crippen LogP contribution is 2.35. The summed E-state index contributed by atoms with van der Waals surface area (Å²) in [6, 6.07) is -0.634. The number of H-pyrrole nitrogens is 1. The first-order valence-electron chi connectivity index (χ1n) is 15.2. The Balaban J connectivity index is 1.74. The number of hydrogen-bond acceptors (Lipinski definition) is 8. The highest BCUT2D eigenvalue weighted by atomic mass is 32.1. The lowest BCUT2D eigenvalue weighted by Crippen LogP contribution is -2.36. The molecule has 3 aliphatic heterocycles. The summed E-state index contributed by atoms with van der Waals surface area (Å²) in [5.41, 5.74) is 4.67. The van der Waals surface area contributed by atoms with E-state index in [0.717, 1.165) is 22.4 Å². The molecule has 4 heterocycles. The van der Waals surface area contributed by atoms with E-state index in [4.69, 9.17) is 0 Å². The van der Waals surface area contributed by atoms with E-state index in [2.05, 4.69) is 46.7 Å². The fourth-order valence-corrected chi connectivity index (χ4v) is 7.25. The molecule has 0 spiro atoms. The minimum atomic E-state index is -0.955. The maximum Gasteiger partial charge on any atom is 0.303 e. The number of rotatable bonds is 13. The lowest BCUT2D eigenvalue weighted by molar-refractivity contribution is -0.138. The number of amides is 1. The predicted octanol–water partition coefficient (Wildman–Crippen LogP) is 1.71. The number of aromatic amines is 1. The number of carboxylic acid groups (broad SMARTS) is 2. The van der Waals surface area contributed by atoms with Crippen molar-refractivity contribution in [2.45, 2.75) is 76.3 Å². The van der Waals surface area contributed by atoms with Crippen LogP contribution in [0.2, 0.25) is 0 Å². The molecule has 1 saturated heterocycles. The topological polar surface area (TPSA) is 184 Å². The van der Waals surface area contributed by atoms with Crippen molar-refractivity contribution < 1.29 is 34.8 Å². The molecule has 4 rings (SSSR count). The number of aromatic nitrogens is 1. The Kier molecular flexibility index (Phi) is 10.6. The van der Waals surface area contributed by atoms with Gasteiger partial charge in [0.25, 0.3) is 0 Å². The number of hydrogen-bond donors (Lipinski definition) is 9. The molecular formula is C33H44N4O7S. The van der Waals surface area contributed by atoms with Crippen molar-refractivity contribution in [3.05, 3.63) is 62.8 Å². The van der Waals surface area contributed by atoms with E-state index < -0.39 is 23.2 Å². The van der Waals surface area contributed by atoms with Gasteiger partial charge < -0.3 is 41.4 Å². The van der Waals surface area contributed by atoms with E-state index in [0.29, 0.717) is 34.7 Å². The number of nitrogens with one attached hydrogen (secondary N) is 4. The third-order valence-electron chi connectivity index (χ3n) is 9.50. The third kappa shape index (κ3) is 7.17. The molecule has 244 valence electrons.